The molecule has 0 saturated carbocycles. The third-order valence-electron chi connectivity index (χ3n) is 2.17. The normalized spacial score (nSPS) is 10.8. The Balaban J connectivity index is 2.54. The molecule has 2 N–H and O–H groups in total. The van der Waals surface area contributed by atoms with E-state index in [4.69, 9.17) is 4.74 Å². The Morgan fingerprint density at radius 1 is 1.22 bits per heavy atom. The zero-order valence-electron chi connectivity index (χ0n) is 8.70. The lowest BCUT2D eigenvalue weighted by Crippen LogP contribution is -2.22. The number of fused-ring (bicyclic) bond motifs is 1. The van der Waals surface area contributed by atoms with E-state index in [1.54, 1.807) is 0 Å². The van der Waals surface area contributed by atoms with Gasteiger partial charge in [-0.2, -0.15) is 0 Å². The van der Waals surface area contributed by atoms with Crippen LogP contribution in [0.15, 0.2) is 27.8 Å². The van der Waals surface area contributed by atoms with Crippen LogP contribution in [-0.4, -0.2) is 19.9 Å². The Morgan fingerprint density at radius 3 is 2.61 bits per heavy atom. The van der Waals surface area contributed by atoms with Crippen LogP contribution in [0.2, 0.25) is 0 Å². The van der Waals surface area contributed by atoms with Gasteiger partial charge in [0.05, 0.1) is 16.5 Å². The molecule has 0 unspecified atom stereocenters. The first-order valence-corrected chi connectivity index (χ1v) is 6.56. The Labute approximate surface area is 117 Å². The quantitative estimate of drug-likeness (QED) is 0.612. The highest BCUT2D eigenvalue weighted by Gasteiger charge is 2.12. The van der Waals surface area contributed by atoms with Crippen LogP contribution in [0, 0.1) is 0 Å². The van der Waals surface area contributed by atoms with E-state index in [1.807, 2.05) is 0 Å². The minimum Gasteiger partial charge on any atom is -0.436 e. The molecular weight excluding hydrogens is 372 g/mol. The van der Waals surface area contributed by atoms with Crippen molar-refractivity contribution in [1.82, 2.24) is 9.97 Å². The number of ether oxygens (including phenoxy) is 1. The molecule has 0 saturated heterocycles. The van der Waals surface area contributed by atoms with Crippen molar-refractivity contribution >= 4 is 48.7 Å². The average molecular weight is 378 g/mol. The first kappa shape index (κ1) is 13.0. The summed E-state index contributed by atoms with van der Waals surface area (Å²) in [5, 5.41) is 0.292. The molecule has 0 aliphatic carbocycles. The number of carbonyl (C=O) groups is 1. The van der Waals surface area contributed by atoms with Gasteiger partial charge in [-0.25, -0.2) is 9.59 Å². The second-order valence-corrected chi connectivity index (χ2v) is 6.23. The smallest absolute Gasteiger partial charge is 0.340 e. The number of H-pyrrole nitrogens is 2. The lowest BCUT2D eigenvalue weighted by molar-refractivity contribution is 0.0560. The fourth-order valence-corrected chi connectivity index (χ4v) is 1.79. The summed E-state index contributed by atoms with van der Waals surface area (Å²) in [5.74, 6) is -0.586. The van der Waals surface area contributed by atoms with Crippen LogP contribution in [0.1, 0.15) is 10.4 Å². The number of hydrogen-bond donors (Lipinski definition) is 2. The zero-order chi connectivity index (χ0) is 13.3. The summed E-state index contributed by atoms with van der Waals surface area (Å²) >= 11 is 6.01. The van der Waals surface area contributed by atoms with Crippen LogP contribution in [0.25, 0.3) is 10.9 Å². The number of halogens is 2. The van der Waals surface area contributed by atoms with Crippen molar-refractivity contribution < 1.29 is 9.53 Å². The highest BCUT2D eigenvalue weighted by molar-refractivity contribution is 9.24. The van der Waals surface area contributed by atoms with E-state index in [2.05, 4.69) is 41.8 Å². The molecule has 18 heavy (non-hydrogen) atoms. The molecule has 94 valence electrons. The lowest BCUT2D eigenvalue weighted by atomic mass is 10.1. The van der Waals surface area contributed by atoms with Crippen LogP contribution >= 0.6 is 31.9 Å². The molecular formula is C10H6Br2N2O4. The first-order valence-electron chi connectivity index (χ1n) is 4.73. The summed E-state index contributed by atoms with van der Waals surface area (Å²) in [4.78, 5) is 38.7. The molecule has 0 radical (unpaired) electrons. The molecule has 1 aromatic heterocycles. The molecule has 1 aromatic carbocycles. The summed E-state index contributed by atoms with van der Waals surface area (Å²) in [6.07, 6.45) is 0. The van der Waals surface area contributed by atoms with Gasteiger partial charge in [0.1, 0.15) is 0 Å². The zero-order valence-corrected chi connectivity index (χ0v) is 11.9. The van der Waals surface area contributed by atoms with E-state index in [1.165, 1.54) is 18.2 Å². The van der Waals surface area contributed by atoms with Gasteiger partial charge in [0.15, 0.2) is 0 Å². The van der Waals surface area contributed by atoms with Crippen LogP contribution in [0.4, 0.5) is 0 Å². The van der Waals surface area contributed by atoms with Gasteiger partial charge in [-0.15, -0.1) is 0 Å². The number of hydrogen-bond acceptors (Lipinski definition) is 4. The Hall–Kier alpha value is -1.41. The fourth-order valence-electron chi connectivity index (χ4n) is 1.45. The topological polar surface area (TPSA) is 92.0 Å². The van der Waals surface area contributed by atoms with Gasteiger partial charge in [0.2, 0.25) is 3.92 Å². The monoisotopic (exact) mass is 376 g/mol. The van der Waals surface area contributed by atoms with Crippen molar-refractivity contribution in [2.45, 2.75) is 3.92 Å². The second-order valence-electron chi connectivity index (χ2n) is 3.33. The molecule has 0 amide bonds. The standard InChI is InChI=1S/C10H6Br2N2O4/c11-9(12)18-8(16)4-1-2-5-6(3-4)13-10(17)14-7(5)15/h1-3,9H,(H2,13,14,15,17). The summed E-state index contributed by atoms with van der Waals surface area (Å²) < 4.78 is 4.26. The van der Waals surface area contributed by atoms with Crippen molar-refractivity contribution in [1.29, 1.82) is 0 Å². The summed E-state index contributed by atoms with van der Waals surface area (Å²) in [5.41, 5.74) is -0.629. The number of carbonyl (C=O) groups excluding carboxylic acids is 1. The van der Waals surface area contributed by atoms with Gasteiger partial charge in [-0.1, -0.05) is 0 Å². The van der Waals surface area contributed by atoms with E-state index >= 15 is 0 Å². The van der Waals surface area contributed by atoms with Crippen molar-refractivity contribution in [3.8, 4) is 0 Å². The molecule has 0 spiro atoms. The number of rotatable bonds is 2. The minimum absolute atomic E-state index is 0.229. The minimum atomic E-state index is -0.628. The number of alkyl halides is 2. The Morgan fingerprint density at radius 2 is 1.94 bits per heavy atom. The molecule has 6 nitrogen and oxygen atoms in total. The number of esters is 1. The van der Waals surface area contributed by atoms with Gasteiger partial charge >= 0.3 is 11.7 Å². The third kappa shape index (κ3) is 2.70. The van der Waals surface area contributed by atoms with Crippen molar-refractivity contribution in [3.05, 3.63) is 44.6 Å². The van der Waals surface area contributed by atoms with Crippen LogP contribution in [0.5, 0.6) is 0 Å². The molecule has 0 bridgehead atoms. The van der Waals surface area contributed by atoms with Gasteiger partial charge < -0.3 is 9.72 Å². The predicted molar refractivity (Wildman–Crippen MR) is 72.2 cm³/mol. The molecule has 2 aromatic rings. The van der Waals surface area contributed by atoms with E-state index < -0.39 is 21.1 Å². The van der Waals surface area contributed by atoms with Gasteiger partial charge in [-0.3, -0.25) is 9.78 Å². The summed E-state index contributed by atoms with van der Waals surface area (Å²) in [7, 11) is 0. The van der Waals surface area contributed by atoms with Crippen molar-refractivity contribution in [2.24, 2.45) is 0 Å². The van der Waals surface area contributed by atoms with E-state index in [9.17, 15) is 14.4 Å². The first-order chi connectivity index (χ1) is 8.47. The number of benzene rings is 1. The average Bonchev–Trinajstić information content (AvgIpc) is 2.26. The maximum absolute atomic E-state index is 11.6. The second kappa shape index (κ2) is 5.07. The summed E-state index contributed by atoms with van der Waals surface area (Å²) in [6.45, 7) is 0. The number of aromatic amines is 2. The fraction of sp³-hybridized carbons (Fsp3) is 0.100. The van der Waals surface area contributed by atoms with E-state index in [0.29, 0.717) is 5.39 Å². The maximum Gasteiger partial charge on any atom is 0.340 e. The Bertz CT molecular complexity index is 720. The molecule has 0 aliphatic rings. The third-order valence-corrected chi connectivity index (χ3v) is 2.55. The maximum atomic E-state index is 11.6. The number of nitrogens with one attached hydrogen (secondary N) is 2. The predicted octanol–water partition coefficient (Wildman–Crippen LogP) is 1.45. The SMILES string of the molecule is O=C(OC(Br)Br)c1ccc2c(=O)[nH]c(=O)[nH]c2c1. The number of aromatic nitrogens is 2. The van der Waals surface area contributed by atoms with Crippen LogP contribution in [0.3, 0.4) is 0 Å². The van der Waals surface area contributed by atoms with Gasteiger partial charge in [-0.05, 0) is 50.1 Å². The largest absolute Gasteiger partial charge is 0.436 e. The van der Waals surface area contributed by atoms with Gasteiger partial charge in [0, 0.05) is 0 Å². The molecule has 0 aliphatic heterocycles. The molecule has 8 heteroatoms. The summed E-state index contributed by atoms with van der Waals surface area (Å²) in [6, 6.07) is 4.27. The van der Waals surface area contributed by atoms with Crippen LogP contribution < -0.4 is 11.2 Å². The molecule has 2 rings (SSSR count). The molecule has 0 atom stereocenters. The molecule has 0 fully saturated rings. The lowest BCUT2D eigenvalue weighted by Gasteiger charge is -2.05. The van der Waals surface area contributed by atoms with Crippen LogP contribution in [-0.2, 0) is 4.74 Å². The highest BCUT2D eigenvalue weighted by Crippen LogP contribution is 2.15. The van der Waals surface area contributed by atoms with Crippen molar-refractivity contribution in [2.75, 3.05) is 0 Å². The highest BCUT2D eigenvalue weighted by atomic mass is 79.9. The van der Waals surface area contributed by atoms with E-state index in [-0.39, 0.29) is 11.1 Å². The molecule has 1 heterocycles. The Kier molecular flexibility index (Phi) is 3.67. The van der Waals surface area contributed by atoms with Gasteiger partial charge in [0.25, 0.3) is 5.56 Å². The van der Waals surface area contributed by atoms with Crippen molar-refractivity contribution in [3.63, 3.8) is 0 Å². The van der Waals surface area contributed by atoms with E-state index in [0.717, 1.165) is 0 Å².